The molecule has 0 fully saturated rings. The summed E-state index contributed by atoms with van der Waals surface area (Å²) in [5.74, 6) is -0.442. The number of esters is 1. The molecule has 0 aromatic carbocycles. The molecule has 2 heterocycles. The smallest absolute Gasteiger partial charge is 0.347 e. The Morgan fingerprint density at radius 3 is 2.95 bits per heavy atom. The van der Waals surface area contributed by atoms with Crippen LogP contribution >= 0.6 is 0 Å². The van der Waals surface area contributed by atoms with E-state index >= 15 is 0 Å². The van der Waals surface area contributed by atoms with E-state index in [1.165, 1.54) is 17.0 Å². The Kier molecular flexibility index (Phi) is 3.74. The van der Waals surface area contributed by atoms with E-state index in [4.69, 9.17) is 4.74 Å². The number of aryl methyl sites for hydroxylation is 1. The van der Waals surface area contributed by atoms with Crippen LogP contribution in [0, 0.1) is 0 Å². The van der Waals surface area contributed by atoms with Gasteiger partial charge < -0.3 is 4.74 Å². The van der Waals surface area contributed by atoms with Gasteiger partial charge in [-0.2, -0.15) is 5.10 Å². The molecule has 0 unspecified atom stereocenters. The van der Waals surface area contributed by atoms with Gasteiger partial charge in [0.15, 0.2) is 0 Å². The van der Waals surface area contributed by atoms with E-state index in [2.05, 4.69) is 10.1 Å². The quantitative estimate of drug-likeness (QED) is 0.735. The maximum absolute atomic E-state index is 11.8. The molecule has 2 aromatic heterocycles. The molecule has 2 aromatic rings. The van der Waals surface area contributed by atoms with Crippen LogP contribution in [0.1, 0.15) is 23.0 Å². The fourth-order valence-electron chi connectivity index (χ4n) is 1.70. The van der Waals surface area contributed by atoms with E-state index < -0.39 is 5.97 Å². The SMILES string of the molecule is CCOC(=O)c1cnn(C)c1Cn1cccnc1=O. The topological polar surface area (TPSA) is 79.0 Å². The summed E-state index contributed by atoms with van der Waals surface area (Å²) in [5.41, 5.74) is 0.590. The Bertz CT molecular complexity index is 644. The number of hydrogen-bond donors (Lipinski definition) is 0. The fourth-order valence-corrected chi connectivity index (χ4v) is 1.70. The summed E-state index contributed by atoms with van der Waals surface area (Å²) >= 11 is 0. The summed E-state index contributed by atoms with van der Waals surface area (Å²) in [5, 5.41) is 4.03. The lowest BCUT2D eigenvalue weighted by Gasteiger charge is -2.07. The lowest BCUT2D eigenvalue weighted by atomic mass is 10.2. The highest BCUT2D eigenvalue weighted by atomic mass is 16.5. The van der Waals surface area contributed by atoms with Crippen molar-refractivity contribution in [1.29, 1.82) is 0 Å². The van der Waals surface area contributed by atoms with E-state index in [9.17, 15) is 9.59 Å². The second-order valence-corrected chi connectivity index (χ2v) is 3.88. The van der Waals surface area contributed by atoms with E-state index in [0.717, 1.165) is 0 Å². The minimum absolute atomic E-state index is 0.220. The van der Waals surface area contributed by atoms with Crippen molar-refractivity contribution >= 4 is 5.97 Å². The first-order valence-electron chi connectivity index (χ1n) is 5.83. The highest BCUT2D eigenvalue weighted by Gasteiger charge is 2.17. The molecule has 0 bridgehead atoms. The maximum Gasteiger partial charge on any atom is 0.347 e. The van der Waals surface area contributed by atoms with Crippen LogP contribution in [0.3, 0.4) is 0 Å². The first kappa shape index (κ1) is 13.0. The van der Waals surface area contributed by atoms with Gasteiger partial charge in [-0.15, -0.1) is 0 Å². The molecule has 0 radical (unpaired) electrons. The number of aromatic nitrogens is 4. The van der Waals surface area contributed by atoms with Gasteiger partial charge in [-0.1, -0.05) is 0 Å². The van der Waals surface area contributed by atoms with E-state index in [1.54, 1.807) is 30.9 Å². The predicted molar refractivity (Wildman–Crippen MR) is 66.8 cm³/mol. The normalized spacial score (nSPS) is 10.4. The molecule has 0 spiro atoms. The molecule has 7 nitrogen and oxygen atoms in total. The van der Waals surface area contributed by atoms with E-state index in [0.29, 0.717) is 17.9 Å². The highest BCUT2D eigenvalue weighted by Crippen LogP contribution is 2.10. The van der Waals surface area contributed by atoms with Gasteiger partial charge in [-0.05, 0) is 13.0 Å². The lowest BCUT2D eigenvalue weighted by Crippen LogP contribution is -2.24. The van der Waals surface area contributed by atoms with Crippen LogP contribution in [0.25, 0.3) is 0 Å². The molecule has 7 heteroatoms. The molecule has 0 aliphatic rings. The van der Waals surface area contributed by atoms with Gasteiger partial charge in [0.25, 0.3) is 0 Å². The van der Waals surface area contributed by atoms with Crippen LogP contribution in [0.15, 0.2) is 29.5 Å². The monoisotopic (exact) mass is 262 g/mol. The molecule has 0 aliphatic carbocycles. The van der Waals surface area contributed by atoms with Gasteiger partial charge in [0.2, 0.25) is 0 Å². The average Bonchev–Trinajstić information content (AvgIpc) is 2.74. The molecule has 0 N–H and O–H groups in total. The molecule has 0 saturated heterocycles. The standard InChI is InChI=1S/C12H14N4O3/c1-3-19-11(17)9-7-14-15(2)10(9)8-16-6-4-5-13-12(16)18/h4-7H,3,8H2,1-2H3. The van der Waals surface area contributed by atoms with Crippen molar-refractivity contribution in [3.05, 3.63) is 46.4 Å². The maximum atomic E-state index is 11.8. The lowest BCUT2D eigenvalue weighted by molar-refractivity contribution is 0.0524. The third kappa shape index (κ3) is 2.70. The summed E-state index contributed by atoms with van der Waals surface area (Å²) < 4.78 is 7.90. The summed E-state index contributed by atoms with van der Waals surface area (Å²) in [6.45, 7) is 2.25. The zero-order valence-corrected chi connectivity index (χ0v) is 10.7. The van der Waals surface area contributed by atoms with Crippen LogP contribution in [-0.4, -0.2) is 31.9 Å². The van der Waals surface area contributed by atoms with Crippen molar-refractivity contribution < 1.29 is 9.53 Å². The van der Waals surface area contributed by atoms with Crippen LogP contribution in [0.2, 0.25) is 0 Å². The minimum Gasteiger partial charge on any atom is -0.462 e. The Morgan fingerprint density at radius 1 is 1.47 bits per heavy atom. The first-order chi connectivity index (χ1) is 9.13. The summed E-state index contributed by atoms with van der Waals surface area (Å²) in [7, 11) is 1.71. The van der Waals surface area contributed by atoms with Crippen molar-refractivity contribution in [2.75, 3.05) is 6.61 Å². The number of hydrogen-bond acceptors (Lipinski definition) is 5. The third-order valence-corrected chi connectivity index (χ3v) is 2.66. The molecular formula is C12H14N4O3. The Morgan fingerprint density at radius 2 is 2.26 bits per heavy atom. The molecule has 0 aliphatic heterocycles. The second kappa shape index (κ2) is 5.47. The van der Waals surface area contributed by atoms with Gasteiger partial charge >= 0.3 is 11.7 Å². The molecule has 100 valence electrons. The molecular weight excluding hydrogens is 248 g/mol. The number of carbonyl (C=O) groups excluding carboxylic acids is 1. The fraction of sp³-hybridized carbons (Fsp3) is 0.333. The summed E-state index contributed by atoms with van der Waals surface area (Å²) in [4.78, 5) is 27.0. The number of ether oxygens (including phenoxy) is 1. The number of rotatable bonds is 4. The second-order valence-electron chi connectivity index (χ2n) is 3.88. The zero-order valence-electron chi connectivity index (χ0n) is 10.7. The number of carbonyl (C=O) groups is 1. The Labute approximate surface area is 109 Å². The van der Waals surface area contributed by atoms with Gasteiger partial charge in [0, 0.05) is 19.4 Å². The van der Waals surface area contributed by atoms with Crippen molar-refractivity contribution in [3.8, 4) is 0 Å². The van der Waals surface area contributed by atoms with Crippen LogP contribution in [0.5, 0.6) is 0 Å². The minimum atomic E-state index is -0.442. The van der Waals surface area contributed by atoms with Crippen LogP contribution < -0.4 is 5.69 Å². The van der Waals surface area contributed by atoms with Gasteiger partial charge in [-0.3, -0.25) is 9.25 Å². The molecule has 0 saturated carbocycles. The molecule has 0 amide bonds. The van der Waals surface area contributed by atoms with E-state index in [1.807, 2.05) is 0 Å². The van der Waals surface area contributed by atoms with Crippen LogP contribution in [-0.2, 0) is 18.3 Å². The van der Waals surface area contributed by atoms with Crippen molar-refractivity contribution in [3.63, 3.8) is 0 Å². The first-order valence-corrected chi connectivity index (χ1v) is 5.83. The predicted octanol–water partition coefficient (Wildman–Crippen LogP) is 0.202. The van der Waals surface area contributed by atoms with Gasteiger partial charge in [-0.25, -0.2) is 14.6 Å². The zero-order chi connectivity index (χ0) is 13.8. The summed E-state index contributed by atoms with van der Waals surface area (Å²) in [6, 6.07) is 1.65. The molecule has 2 rings (SSSR count). The average molecular weight is 262 g/mol. The van der Waals surface area contributed by atoms with Gasteiger partial charge in [0.05, 0.1) is 25.0 Å². The largest absolute Gasteiger partial charge is 0.462 e. The van der Waals surface area contributed by atoms with Gasteiger partial charge in [0.1, 0.15) is 5.56 Å². The molecule has 0 atom stereocenters. The van der Waals surface area contributed by atoms with Crippen molar-refractivity contribution in [2.24, 2.45) is 7.05 Å². The summed E-state index contributed by atoms with van der Waals surface area (Å²) in [6.07, 6.45) is 4.47. The molecule has 19 heavy (non-hydrogen) atoms. The highest BCUT2D eigenvalue weighted by molar-refractivity contribution is 5.90. The van der Waals surface area contributed by atoms with Crippen LogP contribution in [0.4, 0.5) is 0 Å². The van der Waals surface area contributed by atoms with Crippen molar-refractivity contribution in [1.82, 2.24) is 19.3 Å². The van der Waals surface area contributed by atoms with Crippen molar-refractivity contribution in [2.45, 2.75) is 13.5 Å². The van der Waals surface area contributed by atoms with E-state index in [-0.39, 0.29) is 12.2 Å². The number of nitrogens with zero attached hydrogens (tertiary/aromatic N) is 4. The Hall–Kier alpha value is -2.44. The third-order valence-electron chi connectivity index (χ3n) is 2.66. The Balaban J connectivity index is 2.35.